The van der Waals surface area contributed by atoms with Gasteiger partial charge in [0.2, 0.25) is 5.91 Å². The number of aliphatic carboxylic acids is 1. The van der Waals surface area contributed by atoms with Crippen LogP contribution < -0.4 is 5.32 Å². The van der Waals surface area contributed by atoms with Crippen molar-refractivity contribution in [3.63, 3.8) is 0 Å². The molecule has 1 amide bonds. The van der Waals surface area contributed by atoms with E-state index in [9.17, 15) is 9.59 Å². The van der Waals surface area contributed by atoms with Crippen LogP contribution >= 0.6 is 0 Å². The Kier molecular flexibility index (Phi) is 5.01. The van der Waals surface area contributed by atoms with E-state index in [0.717, 1.165) is 17.9 Å². The van der Waals surface area contributed by atoms with Crippen LogP contribution in [0.25, 0.3) is 0 Å². The molecule has 0 bridgehead atoms. The minimum absolute atomic E-state index is 0.00550. The Bertz CT molecular complexity index is 510. The highest BCUT2D eigenvalue weighted by Crippen LogP contribution is 2.47. The molecule has 0 spiro atoms. The number of amides is 1. The lowest BCUT2D eigenvalue weighted by atomic mass is 10.2. The SMILES string of the molecule is CC1CC1c1ccc(CCC(=O)NC(CCO)C(=O)O)o1. The lowest BCUT2D eigenvalue weighted by Gasteiger charge is -2.12. The maximum absolute atomic E-state index is 11.7. The summed E-state index contributed by atoms with van der Waals surface area (Å²) in [5.74, 6) is 1.40. The van der Waals surface area contributed by atoms with Crippen molar-refractivity contribution in [3.8, 4) is 0 Å². The smallest absolute Gasteiger partial charge is 0.326 e. The Balaban J connectivity index is 1.78. The van der Waals surface area contributed by atoms with E-state index < -0.39 is 12.0 Å². The average Bonchev–Trinajstić information content (AvgIpc) is 2.99. The maximum Gasteiger partial charge on any atom is 0.326 e. The summed E-state index contributed by atoms with van der Waals surface area (Å²) in [6.07, 6.45) is 1.77. The molecular weight excluding hydrogens is 274 g/mol. The number of carbonyl (C=O) groups is 2. The van der Waals surface area contributed by atoms with Crippen molar-refractivity contribution in [2.45, 2.75) is 44.6 Å². The van der Waals surface area contributed by atoms with Gasteiger partial charge >= 0.3 is 5.97 Å². The summed E-state index contributed by atoms with van der Waals surface area (Å²) in [7, 11) is 0. The minimum Gasteiger partial charge on any atom is -0.480 e. The van der Waals surface area contributed by atoms with Crippen molar-refractivity contribution in [1.29, 1.82) is 0 Å². The Labute approximate surface area is 123 Å². The molecule has 6 nitrogen and oxygen atoms in total. The Hall–Kier alpha value is -1.82. The first-order valence-electron chi connectivity index (χ1n) is 7.23. The molecule has 0 aliphatic heterocycles. The highest BCUT2D eigenvalue weighted by molar-refractivity contribution is 5.83. The molecule has 6 heteroatoms. The first-order chi connectivity index (χ1) is 10.0. The zero-order valence-electron chi connectivity index (χ0n) is 12.0. The van der Waals surface area contributed by atoms with Gasteiger partial charge in [0, 0.05) is 31.8 Å². The number of aryl methyl sites for hydroxylation is 1. The van der Waals surface area contributed by atoms with E-state index >= 15 is 0 Å². The molecule has 3 unspecified atom stereocenters. The molecule has 0 radical (unpaired) electrons. The molecule has 1 fully saturated rings. The van der Waals surface area contributed by atoms with Gasteiger partial charge in [0.05, 0.1) is 0 Å². The second-order valence-corrected chi connectivity index (χ2v) is 5.59. The molecule has 0 saturated heterocycles. The van der Waals surface area contributed by atoms with Crippen LogP contribution in [0.1, 0.15) is 43.6 Å². The Morgan fingerprint density at radius 1 is 1.48 bits per heavy atom. The summed E-state index contributed by atoms with van der Waals surface area (Å²) >= 11 is 0. The van der Waals surface area contributed by atoms with Gasteiger partial charge in [-0.2, -0.15) is 0 Å². The van der Waals surface area contributed by atoms with Crippen molar-refractivity contribution < 1.29 is 24.2 Å². The predicted molar refractivity (Wildman–Crippen MR) is 74.8 cm³/mol. The highest BCUT2D eigenvalue weighted by atomic mass is 16.4. The number of hydrogen-bond acceptors (Lipinski definition) is 4. The lowest BCUT2D eigenvalue weighted by Crippen LogP contribution is -2.41. The van der Waals surface area contributed by atoms with Gasteiger partial charge in [0.25, 0.3) is 0 Å². The molecule has 3 atom stereocenters. The zero-order valence-corrected chi connectivity index (χ0v) is 12.0. The maximum atomic E-state index is 11.7. The minimum atomic E-state index is -1.14. The third-order valence-electron chi connectivity index (χ3n) is 3.81. The zero-order chi connectivity index (χ0) is 15.4. The van der Waals surface area contributed by atoms with Crippen LogP contribution in [0.2, 0.25) is 0 Å². The van der Waals surface area contributed by atoms with E-state index in [1.807, 2.05) is 12.1 Å². The number of nitrogens with one attached hydrogen (secondary N) is 1. The van der Waals surface area contributed by atoms with Gasteiger partial charge in [0.15, 0.2) is 0 Å². The van der Waals surface area contributed by atoms with Gasteiger partial charge in [0.1, 0.15) is 17.6 Å². The molecule has 21 heavy (non-hydrogen) atoms. The van der Waals surface area contributed by atoms with Crippen molar-refractivity contribution >= 4 is 11.9 Å². The van der Waals surface area contributed by atoms with Crippen LogP contribution in [0, 0.1) is 5.92 Å². The Morgan fingerprint density at radius 2 is 2.19 bits per heavy atom. The summed E-state index contributed by atoms with van der Waals surface area (Å²) in [4.78, 5) is 22.6. The summed E-state index contributed by atoms with van der Waals surface area (Å²) in [6, 6.07) is 2.78. The second-order valence-electron chi connectivity index (χ2n) is 5.59. The lowest BCUT2D eigenvalue weighted by molar-refractivity contribution is -0.142. The monoisotopic (exact) mass is 295 g/mol. The second kappa shape index (κ2) is 6.76. The molecule has 3 N–H and O–H groups in total. The van der Waals surface area contributed by atoms with E-state index in [2.05, 4.69) is 12.2 Å². The topological polar surface area (TPSA) is 99.8 Å². The molecule has 1 aromatic rings. The number of rotatable bonds is 8. The predicted octanol–water partition coefficient (Wildman–Crippen LogP) is 1.29. The molecule has 1 saturated carbocycles. The van der Waals surface area contributed by atoms with Crippen LogP contribution in [0.3, 0.4) is 0 Å². The number of aliphatic hydroxyl groups is 1. The van der Waals surface area contributed by atoms with Crippen molar-refractivity contribution in [2.24, 2.45) is 5.92 Å². The molecule has 2 rings (SSSR count). The van der Waals surface area contributed by atoms with E-state index in [-0.39, 0.29) is 25.4 Å². The largest absolute Gasteiger partial charge is 0.480 e. The number of furan rings is 1. The number of aliphatic hydroxyl groups excluding tert-OH is 1. The summed E-state index contributed by atoms with van der Waals surface area (Å²) in [6.45, 7) is 1.89. The fraction of sp³-hybridized carbons (Fsp3) is 0.600. The van der Waals surface area contributed by atoms with Gasteiger partial charge in [-0.1, -0.05) is 6.92 Å². The summed E-state index contributed by atoms with van der Waals surface area (Å²) in [5.41, 5.74) is 0. The molecule has 1 aliphatic rings. The third kappa shape index (κ3) is 4.32. The first kappa shape index (κ1) is 15.6. The van der Waals surface area contributed by atoms with Gasteiger partial charge < -0.3 is 19.9 Å². The molecular formula is C15H21NO5. The third-order valence-corrected chi connectivity index (χ3v) is 3.81. The normalized spacial score (nSPS) is 21.8. The number of carbonyl (C=O) groups excluding carboxylic acids is 1. The number of hydrogen-bond donors (Lipinski definition) is 3. The van der Waals surface area contributed by atoms with Gasteiger partial charge in [-0.05, 0) is 24.5 Å². The number of carboxylic acid groups (broad SMARTS) is 1. The van der Waals surface area contributed by atoms with Crippen molar-refractivity contribution in [3.05, 3.63) is 23.7 Å². The van der Waals surface area contributed by atoms with Crippen LogP contribution in [0.5, 0.6) is 0 Å². The summed E-state index contributed by atoms with van der Waals surface area (Å²) < 4.78 is 5.69. The quantitative estimate of drug-likeness (QED) is 0.671. The van der Waals surface area contributed by atoms with Crippen LogP contribution in [0.4, 0.5) is 0 Å². The highest BCUT2D eigenvalue weighted by Gasteiger charge is 2.36. The van der Waals surface area contributed by atoms with Crippen LogP contribution in [-0.4, -0.2) is 34.7 Å². The molecule has 0 aromatic carbocycles. The van der Waals surface area contributed by atoms with E-state index in [1.54, 1.807) is 0 Å². The van der Waals surface area contributed by atoms with Crippen LogP contribution in [-0.2, 0) is 16.0 Å². The van der Waals surface area contributed by atoms with E-state index in [4.69, 9.17) is 14.6 Å². The average molecular weight is 295 g/mol. The van der Waals surface area contributed by atoms with Gasteiger partial charge in [-0.25, -0.2) is 4.79 Å². The fourth-order valence-electron chi connectivity index (χ4n) is 2.34. The van der Waals surface area contributed by atoms with Gasteiger partial charge in [-0.3, -0.25) is 4.79 Å². The summed E-state index contributed by atoms with van der Waals surface area (Å²) in [5, 5.41) is 20.0. The first-order valence-corrected chi connectivity index (χ1v) is 7.23. The standard InChI is InChI=1S/C15H21NO5/c1-9-8-11(9)13-4-2-10(21-13)3-5-14(18)16-12(6-7-17)15(19)20/h2,4,9,11-12,17H,3,5-8H2,1H3,(H,16,18)(H,19,20). The van der Waals surface area contributed by atoms with Crippen molar-refractivity contribution in [1.82, 2.24) is 5.32 Å². The molecule has 116 valence electrons. The molecule has 1 heterocycles. The molecule has 1 aromatic heterocycles. The molecule has 1 aliphatic carbocycles. The Morgan fingerprint density at radius 3 is 2.76 bits per heavy atom. The fourth-order valence-corrected chi connectivity index (χ4v) is 2.34. The van der Waals surface area contributed by atoms with Gasteiger partial charge in [-0.15, -0.1) is 0 Å². The van der Waals surface area contributed by atoms with Crippen LogP contribution in [0.15, 0.2) is 16.5 Å². The van der Waals surface area contributed by atoms with Crippen molar-refractivity contribution in [2.75, 3.05) is 6.61 Å². The number of carboxylic acids is 1. The van der Waals surface area contributed by atoms with E-state index in [0.29, 0.717) is 18.3 Å². The van der Waals surface area contributed by atoms with E-state index in [1.165, 1.54) is 0 Å².